The Labute approximate surface area is 83.6 Å². The van der Waals surface area contributed by atoms with Crippen LogP contribution in [0.5, 0.6) is 0 Å². The lowest BCUT2D eigenvalue weighted by Crippen LogP contribution is -2.44. The summed E-state index contributed by atoms with van der Waals surface area (Å²) >= 11 is 0. The van der Waals surface area contributed by atoms with Gasteiger partial charge in [-0.1, -0.05) is 0 Å². The van der Waals surface area contributed by atoms with E-state index >= 15 is 0 Å². The lowest BCUT2D eigenvalue weighted by molar-refractivity contribution is -0.137. The largest absolute Gasteiger partial charge is 0.368 e. The molecule has 14 heavy (non-hydrogen) atoms. The van der Waals surface area contributed by atoms with E-state index in [1.54, 1.807) is 7.05 Å². The van der Waals surface area contributed by atoms with Crippen LogP contribution in [0.4, 0.5) is 0 Å². The fraction of sp³-hybridized carbons (Fsp3) is 0.778. The quantitative estimate of drug-likeness (QED) is 0.607. The highest BCUT2D eigenvalue weighted by molar-refractivity contribution is 5.85. The Morgan fingerprint density at radius 1 is 1.57 bits per heavy atom. The lowest BCUT2D eigenvalue weighted by Gasteiger charge is -2.26. The van der Waals surface area contributed by atoms with E-state index in [4.69, 9.17) is 5.73 Å². The topological polar surface area (TPSA) is 75.4 Å². The van der Waals surface area contributed by atoms with Crippen LogP contribution in [0.2, 0.25) is 0 Å². The van der Waals surface area contributed by atoms with Crippen molar-refractivity contribution < 1.29 is 9.59 Å². The SMILES string of the molecule is CN(CC(N)=O)C(=O)[C@@H]1CCCNC1. The first kappa shape index (κ1) is 11.0. The zero-order chi connectivity index (χ0) is 10.6. The number of nitrogens with zero attached hydrogens (tertiary/aromatic N) is 1. The molecular weight excluding hydrogens is 182 g/mol. The van der Waals surface area contributed by atoms with Crippen LogP contribution in [0.15, 0.2) is 0 Å². The van der Waals surface area contributed by atoms with E-state index in [1.165, 1.54) is 4.90 Å². The summed E-state index contributed by atoms with van der Waals surface area (Å²) in [4.78, 5) is 23.7. The molecule has 2 amide bonds. The van der Waals surface area contributed by atoms with E-state index in [1.807, 2.05) is 0 Å². The number of hydrogen-bond donors (Lipinski definition) is 2. The summed E-state index contributed by atoms with van der Waals surface area (Å²) in [5, 5.41) is 3.16. The van der Waals surface area contributed by atoms with Gasteiger partial charge >= 0.3 is 0 Å². The number of primary amides is 1. The molecule has 1 atom stereocenters. The highest BCUT2D eigenvalue weighted by atomic mass is 16.2. The maximum absolute atomic E-state index is 11.7. The lowest BCUT2D eigenvalue weighted by atomic mass is 9.98. The van der Waals surface area contributed by atoms with Gasteiger partial charge in [-0.05, 0) is 19.4 Å². The molecule has 0 aromatic heterocycles. The van der Waals surface area contributed by atoms with Crippen molar-refractivity contribution in [2.45, 2.75) is 12.8 Å². The summed E-state index contributed by atoms with van der Waals surface area (Å²) in [6.45, 7) is 1.70. The maximum Gasteiger partial charge on any atom is 0.237 e. The van der Waals surface area contributed by atoms with Gasteiger partial charge in [0.2, 0.25) is 11.8 Å². The second-order valence-electron chi connectivity index (χ2n) is 3.70. The second-order valence-corrected chi connectivity index (χ2v) is 3.70. The zero-order valence-corrected chi connectivity index (χ0v) is 8.45. The average molecular weight is 199 g/mol. The van der Waals surface area contributed by atoms with Gasteiger partial charge in [0.05, 0.1) is 12.5 Å². The van der Waals surface area contributed by atoms with Crippen LogP contribution < -0.4 is 11.1 Å². The molecule has 1 aliphatic heterocycles. The van der Waals surface area contributed by atoms with Crippen LogP contribution in [0.25, 0.3) is 0 Å². The molecule has 1 fully saturated rings. The van der Waals surface area contributed by atoms with Crippen LogP contribution in [0.1, 0.15) is 12.8 Å². The third-order valence-corrected chi connectivity index (χ3v) is 2.42. The summed E-state index contributed by atoms with van der Waals surface area (Å²) in [6, 6.07) is 0. The number of nitrogens with two attached hydrogens (primary N) is 1. The second kappa shape index (κ2) is 4.95. The van der Waals surface area contributed by atoms with Crippen molar-refractivity contribution in [3.63, 3.8) is 0 Å². The predicted molar refractivity (Wildman–Crippen MR) is 52.4 cm³/mol. The van der Waals surface area contributed by atoms with Gasteiger partial charge in [-0.15, -0.1) is 0 Å². The fourth-order valence-electron chi connectivity index (χ4n) is 1.69. The zero-order valence-electron chi connectivity index (χ0n) is 8.45. The first-order chi connectivity index (χ1) is 6.61. The Kier molecular flexibility index (Phi) is 3.88. The summed E-state index contributed by atoms with van der Waals surface area (Å²) in [6.07, 6.45) is 1.91. The summed E-state index contributed by atoms with van der Waals surface area (Å²) < 4.78 is 0. The smallest absolute Gasteiger partial charge is 0.237 e. The van der Waals surface area contributed by atoms with Crippen LogP contribution >= 0.6 is 0 Å². The predicted octanol–water partition coefficient (Wildman–Crippen LogP) is -1.07. The molecule has 0 aliphatic carbocycles. The molecular formula is C9H17N3O2. The molecule has 3 N–H and O–H groups in total. The van der Waals surface area contributed by atoms with Crippen molar-refractivity contribution >= 4 is 11.8 Å². The molecule has 0 radical (unpaired) electrons. The minimum atomic E-state index is -0.468. The molecule has 0 unspecified atom stereocenters. The number of piperidine rings is 1. The van der Waals surface area contributed by atoms with E-state index < -0.39 is 5.91 Å². The van der Waals surface area contributed by atoms with Crippen molar-refractivity contribution in [1.82, 2.24) is 10.2 Å². The van der Waals surface area contributed by atoms with Gasteiger partial charge in [-0.3, -0.25) is 9.59 Å². The molecule has 1 heterocycles. The van der Waals surface area contributed by atoms with Gasteiger partial charge in [-0.2, -0.15) is 0 Å². The van der Waals surface area contributed by atoms with Crippen LogP contribution in [0.3, 0.4) is 0 Å². The fourth-order valence-corrected chi connectivity index (χ4v) is 1.69. The Morgan fingerprint density at radius 2 is 2.29 bits per heavy atom. The number of hydrogen-bond acceptors (Lipinski definition) is 3. The van der Waals surface area contributed by atoms with Gasteiger partial charge in [-0.25, -0.2) is 0 Å². The normalized spacial score (nSPS) is 21.6. The highest BCUT2D eigenvalue weighted by Crippen LogP contribution is 2.12. The molecule has 5 heteroatoms. The van der Waals surface area contributed by atoms with Crippen molar-refractivity contribution in [3.8, 4) is 0 Å². The Balaban J connectivity index is 2.42. The van der Waals surface area contributed by atoms with E-state index in [0.717, 1.165) is 19.4 Å². The first-order valence-electron chi connectivity index (χ1n) is 4.85. The third kappa shape index (κ3) is 2.99. The molecule has 0 aromatic rings. The molecule has 80 valence electrons. The molecule has 0 aromatic carbocycles. The van der Waals surface area contributed by atoms with E-state index in [-0.39, 0.29) is 18.4 Å². The van der Waals surface area contributed by atoms with Gasteiger partial charge in [0.25, 0.3) is 0 Å². The third-order valence-electron chi connectivity index (χ3n) is 2.42. The van der Waals surface area contributed by atoms with Gasteiger partial charge in [0.1, 0.15) is 0 Å². The van der Waals surface area contributed by atoms with E-state index in [0.29, 0.717) is 6.54 Å². The van der Waals surface area contributed by atoms with Crippen LogP contribution in [-0.2, 0) is 9.59 Å². The molecule has 1 rings (SSSR count). The molecule has 5 nitrogen and oxygen atoms in total. The van der Waals surface area contributed by atoms with Gasteiger partial charge in [0, 0.05) is 13.6 Å². The van der Waals surface area contributed by atoms with Crippen LogP contribution in [-0.4, -0.2) is 43.4 Å². The molecule has 0 saturated carbocycles. The minimum absolute atomic E-state index is 0.00750. The number of carbonyl (C=O) groups is 2. The van der Waals surface area contributed by atoms with E-state index in [2.05, 4.69) is 5.32 Å². The van der Waals surface area contributed by atoms with Gasteiger partial charge in [0.15, 0.2) is 0 Å². The van der Waals surface area contributed by atoms with Crippen LogP contribution in [0, 0.1) is 5.92 Å². The van der Waals surface area contributed by atoms with Crippen molar-refractivity contribution in [3.05, 3.63) is 0 Å². The van der Waals surface area contributed by atoms with Gasteiger partial charge < -0.3 is 16.0 Å². The van der Waals surface area contributed by atoms with Crippen molar-refractivity contribution in [1.29, 1.82) is 0 Å². The molecule has 1 aliphatic rings. The maximum atomic E-state index is 11.7. The van der Waals surface area contributed by atoms with Crippen molar-refractivity contribution in [2.24, 2.45) is 11.7 Å². The summed E-state index contributed by atoms with van der Waals surface area (Å²) in [7, 11) is 1.61. The number of carbonyl (C=O) groups excluding carboxylic acids is 2. The highest BCUT2D eigenvalue weighted by Gasteiger charge is 2.24. The number of nitrogens with one attached hydrogen (secondary N) is 1. The average Bonchev–Trinajstić information content (AvgIpc) is 2.17. The van der Waals surface area contributed by atoms with E-state index in [9.17, 15) is 9.59 Å². The standard InChI is InChI=1S/C9H17N3O2/c1-12(6-8(10)13)9(14)7-3-2-4-11-5-7/h7,11H,2-6H2,1H3,(H2,10,13)/t7-/m1/s1. The molecule has 1 saturated heterocycles. The summed E-state index contributed by atoms with van der Waals surface area (Å²) in [5.74, 6) is -0.450. The molecule has 0 bridgehead atoms. The summed E-state index contributed by atoms with van der Waals surface area (Å²) in [5.41, 5.74) is 5.01. The Morgan fingerprint density at radius 3 is 2.79 bits per heavy atom. The van der Waals surface area contributed by atoms with Crippen molar-refractivity contribution in [2.75, 3.05) is 26.7 Å². The number of likely N-dealkylation sites (N-methyl/N-ethyl adjacent to an activating group) is 1. The first-order valence-corrected chi connectivity index (χ1v) is 4.85. The number of rotatable bonds is 3. The molecule has 0 spiro atoms. The Hall–Kier alpha value is -1.10. The number of amides is 2. The minimum Gasteiger partial charge on any atom is -0.368 e. The Bertz CT molecular complexity index is 224. The monoisotopic (exact) mass is 199 g/mol.